The number of rotatable bonds is 5. The van der Waals surface area contributed by atoms with Gasteiger partial charge < -0.3 is 10.4 Å². The molecule has 1 aromatic heterocycles. The van der Waals surface area contributed by atoms with E-state index in [9.17, 15) is 15.2 Å². The minimum atomic E-state index is -0.567. The topological polar surface area (TPSA) is 96.5 Å². The second kappa shape index (κ2) is 5.89. The average molecular weight is 255 g/mol. The quantitative estimate of drug-likeness (QED) is 0.520. The molecule has 8 nitrogen and oxygen atoms in total. The lowest BCUT2D eigenvalue weighted by Crippen LogP contribution is -2.46. The lowest BCUT2D eigenvalue weighted by Gasteiger charge is -2.28. The summed E-state index contributed by atoms with van der Waals surface area (Å²) in [7, 11) is 0. The van der Waals surface area contributed by atoms with Gasteiger partial charge in [0.1, 0.15) is 12.4 Å². The van der Waals surface area contributed by atoms with E-state index in [1.807, 2.05) is 0 Å². The predicted molar refractivity (Wildman–Crippen MR) is 64.2 cm³/mol. The molecule has 0 amide bonds. The van der Waals surface area contributed by atoms with Crippen molar-refractivity contribution in [3.63, 3.8) is 0 Å². The summed E-state index contributed by atoms with van der Waals surface area (Å²) >= 11 is 0. The molecule has 2 N–H and O–H groups in total. The Morgan fingerprint density at radius 3 is 2.83 bits per heavy atom. The van der Waals surface area contributed by atoms with Crippen molar-refractivity contribution < 1.29 is 10.0 Å². The fourth-order valence-electron chi connectivity index (χ4n) is 2.01. The number of aliphatic hydroxyl groups excluding tert-OH is 1. The molecule has 1 fully saturated rings. The fourth-order valence-corrected chi connectivity index (χ4v) is 2.01. The first-order valence-electron chi connectivity index (χ1n) is 5.93. The van der Waals surface area contributed by atoms with E-state index in [-0.39, 0.29) is 12.2 Å². The van der Waals surface area contributed by atoms with Crippen molar-refractivity contribution in [2.24, 2.45) is 0 Å². The Hall–Kier alpha value is -1.51. The Bertz CT molecular complexity index is 402. The van der Waals surface area contributed by atoms with Crippen LogP contribution in [0.4, 0.5) is 5.69 Å². The highest BCUT2D eigenvalue weighted by atomic mass is 16.6. The fraction of sp³-hybridized carbons (Fsp3) is 0.700. The third-order valence-corrected chi connectivity index (χ3v) is 2.91. The third kappa shape index (κ3) is 3.49. The van der Waals surface area contributed by atoms with E-state index in [1.165, 1.54) is 17.1 Å². The Balaban J connectivity index is 1.82. The van der Waals surface area contributed by atoms with Gasteiger partial charge in [0, 0.05) is 32.7 Å². The highest BCUT2D eigenvalue weighted by Crippen LogP contribution is 2.08. The molecule has 2 rings (SSSR count). The molecular formula is C10H17N5O3. The molecule has 100 valence electrons. The third-order valence-electron chi connectivity index (χ3n) is 2.91. The van der Waals surface area contributed by atoms with Crippen LogP contribution in [0.15, 0.2) is 12.4 Å². The van der Waals surface area contributed by atoms with Gasteiger partial charge in [-0.2, -0.15) is 5.10 Å². The van der Waals surface area contributed by atoms with Gasteiger partial charge >= 0.3 is 5.69 Å². The molecule has 1 aliphatic heterocycles. The Morgan fingerprint density at radius 1 is 1.50 bits per heavy atom. The molecule has 8 heteroatoms. The van der Waals surface area contributed by atoms with Crippen molar-refractivity contribution in [2.45, 2.75) is 12.6 Å². The van der Waals surface area contributed by atoms with Crippen molar-refractivity contribution in [3.05, 3.63) is 22.5 Å². The van der Waals surface area contributed by atoms with Crippen molar-refractivity contribution in [1.29, 1.82) is 0 Å². The van der Waals surface area contributed by atoms with E-state index >= 15 is 0 Å². The maximum absolute atomic E-state index is 10.5. The lowest BCUT2D eigenvalue weighted by atomic mass is 10.3. The molecule has 1 unspecified atom stereocenters. The maximum Gasteiger partial charge on any atom is 0.306 e. The van der Waals surface area contributed by atoms with Gasteiger partial charge in [0.2, 0.25) is 0 Å². The number of nitrogens with zero attached hydrogens (tertiary/aromatic N) is 4. The van der Waals surface area contributed by atoms with E-state index in [0.29, 0.717) is 6.54 Å². The molecule has 0 bridgehead atoms. The summed E-state index contributed by atoms with van der Waals surface area (Å²) in [4.78, 5) is 12.2. The van der Waals surface area contributed by atoms with Gasteiger partial charge in [0.15, 0.2) is 0 Å². The molecule has 2 heterocycles. The second-order valence-electron chi connectivity index (χ2n) is 4.38. The summed E-state index contributed by atoms with van der Waals surface area (Å²) in [5.74, 6) is 0. The first-order chi connectivity index (χ1) is 8.65. The van der Waals surface area contributed by atoms with E-state index in [4.69, 9.17) is 0 Å². The van der Waals surface area contributed by atoms with Gasteiger partial charge in [-0.3, -0.25) is 19.7 Å². The zero-order chi connectivity index (χ0) is 13.0. The first kappa shape index (κ1) is 12.9. The van der Waals surface area contributed by atoms with E-state index in [2.05, 4.69) is 15.3 Å². The molecule has 1 atom stereocenters. The highest BCUT2D eigenvalue weighted by molar-refractivity contribution is 5.20. The van der Waals surface area contributed by atoms with Crippen LogP contribution in [0.5, 0.6) is 0 Å². The largest absolute Gasteiger partial charge is 0.390 e. The molecule has 0 spiro atoms. The zero-order valence-electron chi connectivity index (χ0n) is 10.0. The molecule has 1 aliphatic rings. The SMILES string of the molecule is O=[N+]([O-])c1cnn(CC(O)CN2CCNCC2)c1. The van der Waals surface area contributed by atoms with Crippen molar-refractivity contribution in [2.75, 3.05) is 32.7 Å². The van der Waals surface area contributed by atoms with Gasteiger partial charge in [-0.25, -0.2) is 0 Å². The summed E-state index contributed by atoms with van der Waals surface area (Å²) < 4.78 is 1.41. The van der Waals surface area contributed by atoms with Gasteiger partial charge in [-0.1, -0.05) is 0 Å². The zero-order valence-corrected chi connectivity index (χ0v) is 10.0. The molecule has 0 radical (unpaired) electrons. The standard InChI is InChI=1S/C10H17N5O3/c16-10(7-13-3-1-11-2-4-13)8-14-6-9(5-12-14)15(17)18/h5-6,10-11,16H,1-4,7-8H2. The number of β-amino-alcohol motifs (C(OH)–C–C–N with tert-alkyl or cyclic N) is 1. The summed E-state index contributed by atoms with van der Waals surface area (Å²) in [5, 5.41) is 27.5. The minimum Gasteiger partial charge on any atom is -0.390 e. The van der Waals surface area contributed by atoms with Crippen LogP contribution < -0.4 is 5.32 Å². The van der Waals surface area contributed by atoms with Crippen molar-refractivity contribution >= 4 is 5.69 Å². The number of hydrogen-bond acceptors (Lipinski definition) is 6. The van der Waals surface area contributed by atoms with E-state index < -0.39 is 11.0 Å². The van der Waals surface area contributed by atoms with Crippen LogP contribution in [0, 0.1) is 10.1 Å². The predicted octanol–water partition coefficient (Wildman–Crippen LogP) is -0.943. The van der Waals surface area contributed by atoms with Crippen molar-refractivity contribution in [3.8, 4) is 0 Å². The number of hydrogen-bond donors (Lipinski definition) is 2. The highest BCUT2D eigenvalue weighted by Gasteiger charge is 2.16. The van der Waals surface area contributed by atoms with Crippen LogP contribution in [0.1, 0.15) is 0 Å². The number of aliphatic hydroxyl groups is 1. The van der Waals surface area contributed by atoms with Gasteiger partial charge in [-0.15, -0.1) is 0 Å². The van der Waals surface area contributed by atoms with Crippen LogP contribution in [-0.4, -0.2) is 63.5 Å². The van der Waals surface area contributed by atoms with Crippen LogP contribution in [0.2, 0.25) is 0 Å². The van der Waals surface area contributed by atoms with Crippen LogP contribution in [-0.2, 0) is 6.54 Å². The van der Waals surface area contributed by atoms with Gasteiger partial charge in [-0.05, 0) is 0 Å². The molecular weight excluding hydrogens is 238 g/mol. The summed E-state index contributed by atoms with van der Waals surface area (Å²) in [6, 6.07) is 0. The monoisotopic (exact) mass is 255 g/mol. The van der Waals surface area contributed by atoms with E-state index in [1.54, 1.807) is 0 Å². The Morgan fingerprint density at radius 2 is 2.22 bits per heavy atom. The number of nitro groups is 1. The van der Waals surface area contributed by atoms with Gasteiger partial charge in [0.25, 0.3) is 0 Å². The van der Waals surface area contributed by atoms with Gasteiger partial charge in [0.05, 0.1) is 17.6 Å². The van der Waals surface area contributed by atoms with Crippen LogP contribution in [0.3, 0.4) is 0 Å². The summed E-state index contributed by atoms with van der Waals surface area (Å²) in [6.45, 7) is 4.53. The maximum atomic E-state index is 10.5. The molecule has 0 aromatic carbocycles. The molecule has 18 heavy (non-hydrogen) atoms. The lowest BCUT2D eigenvalue weighted by molar-refractivity contribution is -0.385. The number of nitrogens with one attached hydrogen (secondary N) is 1. The molecule has 1 saturated heterocycles. The normalized spacial score (nSPS) is 18.7. The first-order valence-corrected chi connectivity index (χ1v) is 5.93. The average Bonchev–Trinajstić information content (AvgIpc) is 2.78. The summed E-state index contributed by atoms with van der Waals surface area (Å²) in [5.41, 5.74) is -0.0515. The van der Waals surface area contributed by atoms with Crippen LogP contribution >= 0.6 is 0 Å². The second-order valence-corrected chi connectivity index (χ2v) is 4.38. The summed E-state index contributed by atoms with van der Waals surface area (Å²) in [6.07, 6.45) is 1.96. The molecule has 1 aromatic rings. The minimum absolute atomic E-state index is 0.0515. The number of aromatic nitrogens is 2. The molecule has 0 aliphatic carbocycles. The number of piperazine rings is 1. The van der Waals surface area contributed by atoms with Crippen molar-refractivity contribution in [1.82, 2.24) is 20.0 Å². The molecule has 0 saturated carbocycles. The van der Waals surface area contributed by atoms with Crippen LogP contribution in [0.25, 0.3) is 0 Å². The smallest absolute Gasteiger partial charge is 0.306 e. The Kier molecular flexibility index (Phi) is 4.24. The Labute approximate surface area is 104 Å². The van der Waals surface area contributed by atoms with E-state index in [0.717, 1.165) is 26.2 Å².